The fraction of sp³-hybridized carbons (Fsp3) is 0.647. The fourth-order valence-electron chi connectivity index (χ4n) is 2.92. The van der Waals surface area contributed by atoms with Crippen molar-refractivity contribution < 1.29 is 9.47 Å². The van der Waals surface area contributed by atoms with E-state index in [9.17, 15) is 0 Å². The molecule has 1 aliphatic rings. The minimum atomic E-state index is 0.273. The Hall–Kier alpha value is -0.900. The average molecular weight is 277 g/mol. The monoisotopic (exact) mass is 277 g/mol. The van der Waals surface area contributed by atoms with Crippen molar-refractivity contribution in [2.24, 2.45) is 0 Å². The van der Waals surface area contributed by atoms with Gasteiger partial charge in [-0.15, -0.1) is 0 Å². The molecule has 0 spiro atoms. The third-order valence-corrected chi connectivity index (χ3v) is 3.81. The Morgan fingerprint density at radius 3 is 2.45 bits per heavy atom. The second-order valence-electron chi connectivity index (χ2n) is 5.71. The van der Waals surface area contributed by atoms with E-state index in [2.05, 4.69) is 56.4 Å². The van der Waals surface area contributed by atoms with Gasteiger partial charge < -0.3 is 14.8 Å². The van der Waals surface area contributed by atoms with E-state index in [1.165, 1.54) is 5.56 Å². The van der Waals surface area contributed by atoms with E-state index in [0.29, 0.717) is 18.3 Å². The molecule has 1 heterocycles. The van der Waals surface area contributed by atoms with Gasteiger partial charge in [-0.3, -0.25) is 0 Å². The number of hydrogen-bond acceptors (Lipinski definition) is 3. The van der Waals surface area contributed by atoms with Crippen molar-refractivity contribution in [2.45, 2.75) is 58.0 Å². The summed E-state index contributed by atoms with van der Waals surface area (Å²) in [4.78, 5) is 0. The van der Waals surface area contributed by atoms with Crippen molar-refractivity contribution in [3.63, 3.8) is 0 Å². The first-order valence-electron chi connectivity index (χ1n) is 7.74. The molecule has 0 bridgehead atoms. The van der Waals surface area contributed by atoms with E-state index in [4.69, 9.17) is 9.47 Å². The molecule has 0 radical (unpaired) electrons. The zero-order valence-corrected chi connectivity index (χ0v) is 12.8. The van der Waals surface area contributed by atoms with Crippen LogP contribution in [0.2, 0.25) is 0 Å². The Morgan fingerprint density at radius 1 is 1.20 bits per heavy atom. The van der Waals surface area contributed by atoms with Crippen LogP contribution in [0.4, 0.5) is 0 Å². The number of benzene rings is 1. The normalized spacial score (nSPS) is 28.2. The highest BCUT2D eigenvalue weighted by molar-refractivity contribution is 5.18. The summed E-state index contributed by atoms with van der Waals surface area (Å²) < 4.78 is 11.9. The van der Waals surface area contributed by atoms with E-state index in [-0.39, 0.29) is 6.04 Å². The molecular weight excluding hydrogens is 250 g/mol. The molecule has 112 valence electrons. The lowest BCUT2D eigenvalue weighted by Crippen LogP contribution is -2.36. The Morgan fingerprint density at radius 2 is 1.85 bits per heavy atom. The maximum absolute atomic E-state index is 6.15. The van der Waals surface area contributed by atoms with Crippen LogP contribution in [0.15, 0.2) is 30.3 Å². The lowest BCUT2D eigenvalue weighted by Gasteiger charge is -2.33. The largest absolute Gasteiger partial charge is 0.376 e. The van der Waals surface area contributed by atoms with Gasteiger partial charge in [-0.05, 0) is 38.8 Å². The van der Waals surface area contributed by atoms with E-state index in [1.807, 2.05) is 0 Å². The van der Waals surface area contributed by atoms with Crippen LogP contribution in [0.1, 0.15) is 45.2 Å². The maximum atomic E-state index is 6.15. The Bertz CT molecular complexity index is 372. The van der Waals surface area contributed by atoms with Crippen LogP contribution in [0.25, 0.3) is 0 Å². The van der Waals surface area contributed by atoms with Crippen LogP contribution in [-0.4, -0.2) is 31.5 Å². The van der Waals surface area contributed by atoms with E-state index in [1.54, 1.807) is 0 Å². The van der Waals surface area contributed by atoms with Gasteiger partial charge in [-0.2, -0.15) is 0 Å². The van der Waals surface area contributed by atoms with Gasteiger partial charge in [0.05, 0.1) is 31.0 Å². The van der Waals surface area contributed by atoms with Gasteiger partial charge in [0.15, 0.2) is 0 Å². The van der Waals surface area contributed by atoms with Crippen molar-refractivity contribution in [3.8, 4) is 0 Å². The third kappa shape index (κ3) is 4.58. The van der Waals surface area contributed by atoms with E-state index in [0.717, 1.165) is 26.0 Å². The van der Waals surface area contributed by atoms with Crippen LogP contribution < -0.4 is 5.32 Å². The molecule has 3 unspecified atom stereocenters. The minimum Gasteiger partial charge on any atom is -0.376 e. The molecule has 3 nitrogen and oxygen atoms in total. The first-order valence-corrected chi connectivity index (χ1v) is 7.74. The summed E-state index contributed by atoms with van der Waals surface area (Å²) in [6.07, 6.45) is 2.92. The maximum Gasteiger partial charge on any atom is 0.0665 e. The summed E-state index contributed by atoms with van der Waals surface area (Å²) >= 11 is 0. The van der Waals surface area contributed by atoms with E-state index >= 15 is 0 Å². The molecule has 1 saturated heterocycles. The molecule has 3 atom stereocenters. The summed E-state index contributed by atoms with van der Waals surface area (Å²) in [6.45, 7) is 8.07. The van der Waals surface area contributed by atoms with Gasteiger partial charge >= 0.3 is 0 Å². The number of ether oxygens (including phenoxy) is 2. The molecule has 1 aromatic rings. The molecular formula is C17H27NO2. The predicted octanol–water partition coefficient (Wildman–Crippen LogP) is 3.31. The molecule has 3 heteroatoms. The van der Waals surface area contributed by atoms with Gasteiger partial charge in [-0.1, -0.05) is 37.3 Å². The summed E-state index contributed by atoms with van der Waals surface area (Å²) in [5, 5.41) is 3.50. The van der Waals surface area contributed by atoms with Crippen LogP contribution in [-0.2, 0) is 9.47 Å². The van der Waals surface area contributed by atoms with Crippen LogP contribution in [0, 0.1) is 0 Å². The third-order valence-electron chi connectivity index (χ3n) is 3.81. The van der Waals surface area contributed by atoms with Crippen molar-refractivity contribution >= 4 is 0 Å². The molecule has 20 heavy (non-hydrogen) atoms. The lowest BCUT2D eigenvalue weighted by atomic mass is 10.0. The number of hydrogen-bond donors (Lipinski definition) is 1. The van der Waals surface area contributed by atoms with Crippen molar-refractivity contribution in [3.05, 3.63) is 35.9 Å². The van der Waals surface area contributed by atoms with Gasteiger partial charge in [0.1, 0.15) is 0 Å². The molecule has 0 amide bonds. The van der Waals surface area contributed by atoms with Crippen LogP contribution >= 0.6 is 0 Å². The summed E-state index contributed by atoms with van der Waals surface area (Å²) in [5.74, 6) is 0. The Balaban J connectivity index is 1.89. The Kier molecular flexibility index (Phi) is 6.02. The molecule has 1 aromatic carbocycles. The smallest absolute Gasteiger partial charge is 0.0665 e. The molecule has 0 aliphatic carbocycles. The first kappa shape index (κ1) is 15.5. The van der Waals surface area contributed by atoms with Gasteiger partial charge in [-0.25, -0.2) is 0 Å². The lowest BCUT2D eigenvalue weighted by molar-refractivity contribution is -0.104. The SMILES string of the molecule is CCNC(COC1CC(C)OC(C)C1)c1ccccc1. The highest BCUT2D eigenvalue weighted by Gasteiger charge is 2.25. The quantitative estimate of drug-likeness (QED) is 0.865. The molecule has 2 rings (SSSR count). The number of likely N-dealkylation sites (N-methyl/N-ethyl adjacent to an activating group) is 1. The second-order valence-corrected chi connectivity index (χ2v) is 5.71. The van der Waals surface area contributed by atoms with Crippen molar-refractivity contribution in [1.82, 2.24) is 5.32 Å². The summed E-state index contributed by atoms with van der Waals surface area (Å²) in [7, 11) is 0. The second kappa shape index (κ2) is 7.77. The standard InChI is InChI=1S/C17H27NO2/c1-4-18-17(15-8-6-5-7-9-15)12-19-16-10-13(2)20-14(3)11-16/h5-9,13-14,16-18H,4,10-12H2,1-3H3. The van der Waals surface area contributed by atoms with Gasteiger partial charge in [0, 0.05) is 0 Å². The number of rotatable bonds is 6. The topological polar surface area (TPSA) is 30.5 Å². The van der Waals surface area contributed by atoms with Gasteiger partial charge in [0.2, 0.25) is 0 Å². The zero-order valence-electron chi connectivity index (χ0n) is 12.8. The summed E-state index contributed by atoms with van der Waals surface area (Å²) in [6, 6.07) is 10.8. The van der Waals surface area contributed by atoms with Crippen molar-refractivity contribution in [2.75, 3.05) is 13.2 Å². The van der Waals surface area contributed by atoms with Crippen molar-refractivity contribution in [1.29, 1.82) is 0 Å². The zero-order chi connectivity index (χ0) is 14.4. The molecule has 0 saturated carbocycles. The molecule has 1 fully saturated rings. The van der Waals surface area contributed by atoms with Crippen LogP contribution in [0.5, 0.6) is 0 Å². The fourth-order valence-corrected chi connectivity index (χ4v) is 2.92. The Labute approximate surface area is 122 Å². The van der Waals surface area contributed by atoms with E-state index < -0.39 is 0 Å². The average Bonchev–Trinajstić information content (AvgIpc) is 2.43. The highest BCUT2D eigenvalue weighted by Crippen LogP contribution is 2.23. The molecule has 0 aromatic heterocycles. The summed E-state index contributed by atoms with van der Waals surface area (Å²) in [5.41, 5.74) is 1.29. The minimum absolute atomic E-state index is 0.273. The van der Waals surface area contributed by atoms with Gasteiger partial charge in [0.25, 0.3) is 0 Å². The molecule has 1 aliphatic heterocycles. The number of nitrogens with one attached hydrogen (secondary N) is 1. The van der Waals surface area contributed by atoms with Crippen LogP contribution in [0.3, 0.4) is 0 Å². The molecule has 1 N–H and O–H groups in total. The predicted molar refractivity (Wildman–Crippen MR) is 81.8 cm³/mol. The highest BCUT2D eigenvalue weighted by atomic mass is 16.5. The first-order chi connectivity index (χ1) is 9.69.